The van der Waals surface area contributed by atoms with Crippen molar-refractivity contribution in [3.8, 4) is 0 Å². The lowest BCUT2D eigenvalue weighted by molar-refractivity contribution is -0.126. The van der Waals surface area contributed by atoms with Gasteiger partial charge in [-0.2, -0.15) is 0 Å². The highest BCUT2D eigenvalue weighted by Gasteiger charge is 2.62. The van der Waals surface area contributed by atoms with Gasteiger partial charge in [0.05, 0.1) is 17.6 Å². The maximum Gasteiger partial charge on any atom is 0.253 e. The highest BCUT2D eigenvalue weighted by atomic mass is 16.2. The first kappa shape index (κ1) is 17.6. The molecular formula is C23H25N3O2. The molecule has 3 atom stereocenters. The Balaban J connectivity index is 1.59. The molecule has 3 aliphatic heterocycles. The van der Waals surface area contributed by atoms with Crippen LogP contribution in [0.25, 0.3) is 0 Å². The van der Waals surface area contributed by atoms with Gasteiger partial charge in [0.25, 0.3) is 5.91 Å². The van der Waals surface area contributed by atoms with Crippen molar-refractivity contribution in [3.05, 3.63) is 64.7 Å². The van der Waals surface area contributed by atoms with Crippen molar-refractivity contribution in [1.29, 1.82) is 0 Å². The summed E-state index contributed by atoms with van der Waals surface area (Å²) >= 11 is 0. The summed E-state index contributed by atoms with van der Waals surface area (Å²) in [6.07, 6.45) is 1.02. The lowest BCUT2D eigenvalue weighted by atomic mass is 9.89. The number of benzene rings is 2. The summed E-state index contributed by atoms with van der Waals surface area (Å²) in [5, 5.41) is 4.41. The largest absolute Gasteiger partial charge is 0.274 e. The zero-order valence-corrected chi connectivity index (χ0v) is 16.6. The number of amides is 2. The van der Waals surface area contributed by atoms with E-state index in [2.05, 4.69) is 41.2 Å². The Hall–Kier alpha value is -2.50. The molecule has 3 aliphatic rings. The van der Waals surface area contributed by atoms with Crippen molar-refractivity contribution < 1.29 is 9.59 Å². The van der Waals surface area contributed by atoms with Gasteiger partial charge in [0.1, 0.15) is 6.04 Å². The Labute approximate surface area is 165 Å². The summed E-state index contributed by atoms with van der Waals surface area (Å²) in [6, 6.07) is 13.8. The van der Waals surface area contributed by atoms with Crippen LogP contribution in [0.15, 0.2) is 42.5 Å². The van der Waals surface area contributed by atoms with Crippen LogP contribution < -0.4 is 4.90 Å². The van der Waals surface area contributed by atoms with Crippen LogP contribution in [0.2, 0.25) is 0 Å². The molecule has 0 saturated carbocycles. The number of rotatable bonds is 2. The third-order valence-corrected chi connectivity index (χ3v) is 6.42. The zero-order valence-electron chi connectivity index (χ0n) is 16.6. The summed E-state index contributed by atoms with van der Waals surface area (Å²) in [7, 11) is 0. The molecule has 2 amide bonds. The molecule has 3 fully saturated rings. The van der Waals surface area contributed by atoms with Gasteiger partial charge < -0.3 is 0 Å². The molecular weight excluding hydrogens is 350 g/mol. The number of aryl methyl sites for hydroxylation is 3. The number of hydrazine groups is 1. The monoisotopic (exact) mass is 375 g/mol. The minimum Gasteiger partial charge on any atom is -0.274 e. The SMILES string of the molecule is Cc1ccc([C@H]2[C@@H]3C(=O)N(c4ccc(C)cc4C)C(=O)[C@H]3N3CCCN23)cc1. The summed E-state index contributed by atoms with van der Waals surface area (Å²) in [5.41, 5.74) is 5.13. The molecule has 5 heteroatoms. The van der Waals surface area contributed by atoms with Crippen LogP contribution in [0.1, 0.15) is 34.7 Å². The smallest absolute Gasteiger partial charge is 0.253 e. The minimum atomic E-state index is -0.387. The van der Waals surface area contributed by atoms with Crippen LogP contribution in [0, 0.1) is 26.7 Å². The molecule has 5 rings (SSSR count). The second-order valence-electron chi connectivity index (χ2n) is 8.31. The van der Waals surface area contributed by atoms with Gasteiger partial charge in [0.15, 0.2) is 0 Å². The Bertz CT molecular complexity index is 968. The Morgan fingerprint density at radius 3 is 2.11 bits per heavy atom. The first-order chi connectivity index (χ1) is 13.5. The summed E-state index contributed by atoms with van der Waals surface area (Å²) in [4.78, 5) is 28.5. The van der Waals surface area contributed by atoms with E-state index in [1.807, 2.05) is 32.0 Å². The zero-order chi connectivity index (χ0) is 19.6. The van der Waals surface area contributed by atoms with Gasteiger partial charge in [-0.25, -0.2) is 14.9 Å². The van der Waals surface area contributed by atoms with Crippen LogP contribution >= 0.6 is 0 Å². The van der Waals surface area contributed by atoms with Gasteiger partial charge in [0.2, 0.25) is 5.91 Å². The standard InChI is InChI=1S/C23H25N3O2/c1-14-5-8-17(9-6-14)20-19-21(25-12-4-11-24(20)25)23(28)26(22(19)27)18-10-7-15(2)13-16(18)3/h5-10,13,19-21H,4,11-12H2,1-3H3/t19-,20-,21-/m0/s1. The van der Waals surface area contributed by atoms with Crippen molar-refractivity contribution in [2.45, 2.75) is 39.3 Å². The average Bonchev–Trinajstić information content (AvgIpc) is 3.30. The maximum atomic E-state index is 13.6. The van der Waals surface area contributed by atoms with E-state index < -0.39 is 0 Å². The molecule has 0 spiro atoms. The van der Waals surface area contributed by atoms with E-state index >= 15 is 0 Å². The summed E-state index contributed by atoms with van der Waals surface area (Å²) in [5.74, 6) is -0.499. The van der Waals surface area contributed by atoms with E-state index in [9.17, 15) is 9.59 Å². The highest BCUT2D eigenvalue weighted by Crippen LogP contribution is 2.49. The Kier molecular flexibility index (Phi) is 3.93. The molecule has 0 N–H and O–H groups in total. The van der Waals surface area contributed by atoms with Gasteiger partial charge in [-0.05, 0) is 44.4 Å². The summed E-state index contributed by atoms with van der Waals surface area (Å²) in [6.45, 7) is 7.79. The lowest BCUT2D eigenvalue weighted by Gasteiger charge is -2.30. The van der Waals surface area contributed by atoms with E-state index in [1.165, 1.54) is 10.5 Å². The molecule has 0 aromatic heterocycles. The Morgan fingerprint density at radius 2 is 1.43 bits per heavy atom. The quantitative estimate of drug-likeness (QED) is 0.757. The van der Waals surface area contributed by atoms with Crippen LogP contribution in [0.4, 0.5) is 5.69 Å². The van der Waals surface area contributed by atoms with Crippen molar-refractivity contribution >= 4 is 17.5 Å². The molecule has 0 radical (unpaired) electrons. The van der Waals surface area contributed by atoms with Crippen molar-refractivity contribution in [3.63, 3.8) is 0 Å². The number of carbonyl (C=O) groups excluding carboxylic acids is 2. The van der Waals surface area contributed by atoms with Crippen LogP contribution in [0.5, 0.6) is 0 Å². The molecule has 5 nitrogen and oxygen atoms in total. The summed E-state index contributed by atoms with van der Waals surface area (Å²) < 4.78 is 0. The molecule has 3 heterocycles. The molecule has 0 aliphatic carbocycles. The van der Waals surface area contributed by atoms with Crippen molar-refractivity contribution in [2.75, 3.05) is 18.0 Å². The highest BCUT2D eigenvalue weighted by molar-refractivity contribution is 6.24. The van der Waals surface area contributed by atoms with Crippen LogP contribution in [-0.2, 0) is 9.59 Å². The number of hydrogen-bond acceptors (Lipinski definition) is 4. The van der Waals surface area contributed by atoms with Crippen LogP contribution in [0.3, 0.4) is 0 Å². The number of imide groups is 1. The predicted molar refractivity (Wildman–Crippen MR) is 108 cm³/mol. The number of anilines is 1. The Morgan fingerprint density at radius 1 is 0.786 bits per heavy atom. The third kappa shape index (κ3) is 2.39. The molecule has 2 aromatic carbocycles. The first-order valence-electron chi connectivity index (χ1n) is 10.0. The topological polar surface area (TPSA) is 43.9 Å². The number of hydrogen-bond donors (Lipinski definition) is 0. The minimum absolute atomic E-state index is 0.0677. The fraction of sp³-hybridized carbons (Fsp3) is 0.391. The molecule has 3 saturated heterocycles. The number of nitrogens with zero attached hydrogens (tertiary/aromatic N) is 3. The number of carbonyl (C=O) groups is 2. The first-order valence-corrected chi connectivity index (χ1v) is 10.0. The second kappa shape index (κ2) is 6.26. The van der Waals surface area contributed by atoms with Gasteiger partial charge in [0, 0.05) is 13.1 Å². The maximum absolute atomic E-state index is 13.6. The molecule has 28 heavy (non-hydrogen) atoms. The van der Waals surface area contributed by atoms with Gasteiger partial charge in [-0.3, -0.25) is 9.59 Å². The van der Waals surface area contributed by atoms with E-state index in [0.717, 1.165) is 41.9 Å². The lowest BCUT2D eigenvalue weighted by Crippen LogP contribution is -2.44. The second-order valence-corrected chi connectivity index (χ2v) is 8.31. The number of fused-ring (bicyclic) bond motifs is 3. The molecule has 144 valence electrons. The fourth-order valence-corrected chi connectivity index (χ4v) is 5.17. The predicted octanol–water partition coefficient (Wildman–Crippen LogP) is 3.15. The normalized spacial score (nSPS) is 27.5. The molecule has 2 aromatic rings. The fourth-order valence-electron chi connectivity index (χ4n) is 5.17. The van der Waals surface area contributed by atoms with Gasteiger partial charge >= 0.3 is 0 Å². The third-order valence-electron chi connectivity index (χ3n) is 6.42. The van der Waals surface area contributed by atoms with E-state index in [4.69, 9.17) is 0 Å². The van der Waals surface area contributed by atoms with E-state index in [0.29, 0.717) is 0 Å². The average molecular weight is 375 g/mol. The molecule has 0 bridgehead atoms. The van der Waals surface area contributed by atoms with E-state index in [-0.39, 0.29) is 29.8 Å². The van der Waals surface area contributed by atoms with Gasteiger partial charge in [-0.1, -0.05) is 47.5 Å². The van der Waals surface area contributed by atoms with Crippen LogP contribution in [-0.4, -0.2) is 41.0 Å². The van der Waals surface area contributed by atoms with E-state index in [1.54, 1.807) is 0 Å². The van der Waals surface area contributed by atoms with Gasteiger partial charge in [-0.15, -0.1) is 0 Å². The molecule has 0 unspecified atom stereocenters. The van der Waals surface area contributed by atoms with Crippen molar-refractivity contribution in [2.24, 2.45) is 5.92 Å². The van der Waals surface area contributed by atoms with Crippen molar-refractivity contribution in [1.82, 2.24) is 10.0 Å².